The zero-order valence-corrected chi connectivity index (χ0v) is 17.5. The molecule has 1 aromatic heterocycles. The monoisotopic (exact) mass is 409 g/mol. The number of nitrogens with one attached hydrogen (secondary N) is 3. The summed E-state index contributed by atoms with van der Waals surface area (Å²) in [5.74, 6) is 0.381. The van der Waals surface area contributed by atoms with E-state index in [1.807, 2.05) is 45.0 Å². The zero-order valence-electron chi connectivity index (χ0n) is 15.8. The van der Waals surface area contributed by atoms with Gasteiger partial charge in [-0.1, -0.05) is 23.1 Å². The Morgan fingerprint density at radius 1 is 1.19 bits per heavy atom. The molecule has 0 aliphatic rings. The number of carbonyl (C=O) groups excluding carboxylic acids is 2. The van der Waals surface area contributed by atoms with Crippen molar-refractivity contribution in [1.29, 1.82) is 0 Å². The first-order valence-corrected chi connectivity index (χ1v) is 9.90. The number of amides is 3. The van der Waals surface area contributed by atoms with E-state index in [1.165, 1.54) is 23.1 Å². The summed E-state index contributed by atoms with van der Waals surface area (Å²) in [6.07, 6.45) is 0. The van der Waals surface area contributed by atoms with Crippen molar-refractivity contribution in [3.8, 4) is 5.75 Å². The number of urea groups is 1. The summed E-state index contributed by atoms with van der Waals surface area (Å²) in [5.41, 5.74) is 0.440. The van der Waals surface area contributed by atoms with E-state index in [4.69, 9.17) is 4.74 Å². The topological polar surface area (TPSA) is 105 Å². The molecule has 10 heteroatoms. The van der Waals surface area contributed by atoms with Crippen molar-refractivity contribution < 1.29 is 14.3 Å². The molecule has 0 aliphatic heterocycles. The molecule has 27 heavy (non-hydrogen) atoms. The number of methoxy groups -OCH3 is 1. The number of thioether (sulfide) groups is 1. The van der Waals surface area contributed by atoms with Gasteiger partial charge < -0.3 is 15.4 Å². The molecule has 8 nitrogen and oxygen atoms in total. The Morgan fingerprint density at radius 3 is 2.44 bits per heavy atom. The molecule has 0 aliphatic carbocycles. The van der Waals surface area contributed by atoms with Gasteiger partial charge in [0.15, 0.2) is 4.34 Å². The average Bonchev–Trinajstić information content (AvgIpc) is 3.00. The largest absolute Gasteiger partial charge is 0.497 e. The first-order chi connectivity index (χ1) is 12.7. The third kappa shape index (κ3) is 7.06. The number of anilines is 2. The van der Waals surface area contributed by atoms with Crippen molar-refractivity contribution in [3.63, 3.8) is 0 Å². The molecule has 2 aromatic rings. The normalized spacial score (nSPS) is 12.2. The predicted molar refractivity (Wildman–Crippen MR) is 108 cm³/mol. The van der Waals surface area contributed by atoms with Crippen LogP contribution in [0.3, 0.4) is 0 Å². The van der Waals surface area contributed by atoms with E-state index < -0.39 is 16.8 Å². The second-order valence-corrected chi connectivity index (χ2v) is 9.25. The van der Waals surface area contributed by atoms with Crippen molar-refractivity contribution in [2.75, 3.05) is 12.4 Å². The molecule has 0 spiro atoms. The number of nitrogens with zero attached hydrogens (tertiary/aromatic N) is 2. The van der Waals surface area contributed by atoms with Gasteiger partial charge >= 0.3 is 6.03 Å². The van der Waals surface area contributed by atoms with Crippen molar-refractivity contribution >= 4 is 45.9 Å². The van der Waals surface area contributed by atoms with Gasteiger partial charge in [0.25, 0.3) is 0 Å². The van der Waals surface area contributed by atoms with Crippen LogP contribution >= 0.6 is 23.1 Å². The number of hydrogen-bond acceptors (Lipinski definition) is 8. The van der Waals surface area contributed by atoms with E-state index in [0.29, 0.717) is 9.47 Å². The van der Waals surface area contributed by atoms with Crippen molar-refractivity contribution in [2.45, 2.75) is 42.8 Å². The van der Waals surface area contributed by atoms with Crippen molar-refractivity contribution in [2.24, 2.45) is 0 Å². The number of aromatic nitrogens is 2. The summed E-state index contributed by atoms with van der Waals surface area (Å²) < 4.78 is 5.75. The summed E-state index contributed by atoms with van der Waals surface area (Å²) in [4.78, 5) is 23.9. The zero-order chi connectivity index (χ0) is 20.0. The first-order valence-electron chi connectivity index (χ1n) is 8.20. The van der Waals surface area contributed by atoms with Crippen LogP contribution in [0.15, 0.2) is 28.6 Å². The second kappa shape index (κ2) is 9.05. The highest BCUT2D eigenvalue weighted by atomic mass is 32.2. The van der Waals surface area contributed by atoms with Gasteiger partial charge in [0.2, 0.25) is 11.0 Å². The van der Waals surface area contributed by atoms with Crippen LogP contribution in [0.4, 0.5) is 15.6 Å². The summed E-state index contributed by atoms with van der Waals surface area (Å²) in [7, 11) is 1.61. The smallest absolute Gasteiger partial charge is 0.321 e. The van der Waals surface area contributed by atoms with Gasteiger partial charge in [-0.3, -0.25) is 10.1 Å². The van der Waals surface area contributed by atoms with Gasteiger partial charge in [-0.15, -0.1) is 10.2 Å². The fraction of sp³-hybridized carbons (Fsp3) is 0.412. The maximum atomic E-state index is 12.1. The van der Waals surface area contributed by atoms with Gasteiger partial charge in [-0.25, -0.2) is 4.79 Å². The van der Waals surface area contributed by atoms with E-state index in [1.54, 1.807) is 14.0 Å². The molecular weight excluding hydrogens is 386 g/mol. The van der Waals surface area contributed by atoms with E-state index in [-0.39, 0.29) is 5.91 Å². The Bertz CT molecular complexity index is 787. The van der Waals surface area contributed by atoms with Crippen LogP contribution in [0.25, 0.3) is 0 Å². The molecule has 1 aromatic carbocycles. The van der Waals surface area contributed by atoms with E-state index in [2.05, 4.69) is 26.1 Å². The highest BCUT2D eigenvalue weighted by Crippen LogP contribution is 2.30. The minimum Gasteiger partial charge on any atom is -0.497 e. The van der Waals surface area contributed by atoms with Crippen LogP contribution in [-0.2, 0) is 4.79 Å². The fourth-order valence-corrected chi connectivity index (χ4v) is 3.81. The summed E-state index contributed by atoms with van der Waals surface area (Å²) in [6.45, 7) is 7.23. The van der Waals surface area contributed by atoms with Crippen molar-refractivity contribution in [1.82, 2.24) is 20.8 Å². The quantitative estimate of drug-likeness (QED) is 0.628. The molecule has 3 N–H and O–H groups in total. The highest BCUT2D eigenvalue weighted by Gasteiger charge is 2.21. The van der Waals surface area contributed by atoms with Crippen LogP contribution < -0.4 is 20.7 Å². The number of rotatable bonds is 6. The summed E-state index contributed by atoms with van der Waals surface area (Å²) >= 11 is 2.57. The lowest BCUT2D eigenvalue weighted by Gasteiger charge is -2.20. The molecule has 0 saturated heterocycles. The Hall–Kier alpha value is -2.33. The Balaban J connectivity index is 1.88. The molecule has 146 valence electrons. The number of ether oxygens (including phenoxy) is 1. The summed E-state index contributed by atoms with van der Waals surface area (Å²) in [6, 6.07) is 6.91. The SMILES string of the molecule is COc1ccc(Nc2nnc(S[C@@H](C)C(=O)NC(=O)NC(C)(C)C)s2)cc1. The second-order valence-electron chi connectivity index (χ2n) is 6.68. The van der Waals surface area contributed by atoms with Gasteiger partial charge in [0.05, 0.1) is 12.4 Å². The molecule has 2 rings (SSSR count). The lowest BCUT2D eigenvalue weighted by atomic mass is 10.1. The molecule has 1 heterocycles. The number of hydrogen-bond donors (Lipinski definition) is 3. The average molecular weight is 410 g/mol. The Labute approximate surface area is 166 Å². The molecule has 3 amide bonds. The maximum absolute atomic E-state index is 12.1. The predicted octanol–water partition coefficient (Wildman–Crippen LogP) is 3.40. The molecule has 0 unspecified atom stereocenters. The van der Waals surface area contributed by atoms with Gasteiger partial charge in [0, 0.05) is 11.2 Å². The molecular formula is C17H23N5O3S2. The fourth-order valence-electron chi connectivity index (χ4n) is 1.90. The standard InChI is InChI=1S/C17H23N5O3S2/c1-10(13(23)19-14(24)20-17(2,3)4)26-16-22-21-15(27-16)18-11-6-8-12(25-5)9-7-11/h6-10H,1-5H3,(H,18,21)(H2,19,20,23,24)/t10-/m0/s1. The van der Waals surface area contributed by atoms with Gasteiger partial charge in [-0.2, -0.15) is 0 Å². The van der Waals surface area contributed by atoms with Gasteiger partial charge in [-0.05, 0) is 52.0 Å². The summed E-state index contributed by atoms with van der Waals surface area (Å²) in [5, 5.41) is 16.4. The maximum Gasteiger partial charge on any atom is 0.321 e. The minimum atomic E-state index is -0.515. The first kappa shape index (κ1) is 21.0. The third-order valence-corrected chi connectivity index (χ3v) is 5.14. The highest BCUT2D eigenvalue weighted by molar-refractivity contribution is 8.02. The van der Waals surface area contributed by atoms with Crippen molar-refractivity contribution in [3.05, 3.63) is 24.3 Å². The van der Waals surface area contributed by atoms with Crippen LogP contribution in [0.5, 0.6) is 5.75 Å². The molecule has 0 bridgehead atoms. The molecule has 0 saturated carbocycles. The van der Waals surface area contributed by atoms with Crippen LogP contribution in [0.2, 0.25) is 0 Å². The van der Waals surface area contributed by atoms with E-state index >= 15 is 0 Å². The van der Waals surface area contributed by atoms with E-state index in [9.17, 15) is 9.59 Å². The van der Waals surface area contributed by atoms with Crippen LogP contribution in [0.1, 0.15) is 27.7 Å². The van der Waals surface area contributed by atoms with Crippen LogP contribution in [-0.4, -0.2) is 40.0 Å². The van der Waals surface area contributed by atoms with Crippen LogP contribution in [0, 0.1) is 0 Å². The number of imide groups is 1. The van der Waals surface area contributed by atoms with Gasteiger partial charge in [0.1, 0.15) is 5.75 Å². The minimum absolute atomic E-state index is 0.387. The number of carbonyl (C=O) groups is 2. The molecule has 0 fully saturated rings. The molecule has 1 atom stereocenters. The lowest BCUT2D eigenvalue weighted by Crippen LogP contribution is -2.49. The third-order valence-electron chi connectivity index (χ3n) is 3.12. The van der Waals surface area contributed by atoms with E-state index in [0.717, 1.165) is 11.4 Å². The Kier molecular flexibility index (Phi) is 7.03. The molecule has 0 radical (unpaired) electrons. The lowest BCUT2D eigenvalue weighted by molar-refractivity contribution is -0.119. The number of benzene rings is 1. The Morgan fingerprint density at radius 2 is 1.85 bits per heavy atom.